The summed E-state index contributed by atoms with van der Waals surface area (Å²) in [7, 11) is 0. The molecular formula is C11H8ClN3O4. The van der Waals surface area contributed by atoms with Crippen LogP contribution in [0.25, 0.3) is 0 Å². The van der Waals surface area contributed by atoms with Crippen LogP contribution >= 0.6 is 11.6 Å². The lowest BCUT2D eigenvalue weighted by molar-refractivity contribution is -0.394. The average molecular weight is 282 g/mol. The van der Waals surface area contributed by atoms with Crippen LogP contribution < -0.4 is 0 Å². The van der Waals surface area contributed by atoms with Crippen LogP contribution in [0.15, 0.2) is 48.8 Å². The van der Waals surface area contributed by atoms with E-state index in [1.807, 2.05) is 18.2 Å². The molecule has 0 aliphatic rings. The molecule has 0 amide bonds. The quantitative estimate of drug-likeness (QED) is 0.621. The predicted molar refractivity (Wildman–Crippen MR) is 69.0 cm³/mol. The number of hydrogen-bond acceptors (Lipinski definition) is 5. The molecule has 1 aromatic carbocycles. The number of non-ortho nitro benzene ring substituents is 1. The summed E-state index contributed by atoms with van der Waals surface area (Å²) in [4.78, 5) is 22.8. The van der Waals surface area contributed by atoms with Crippen molar-refractivity contribution in [1.82, 2.24) is 4.98 Å². The maximum Gasteiger partial charge on any atom is 0.294 e. The molecule has 0 saturated carbocycles. The Kier molecular flexibility index (Phi) is 5.36. The molecule has 0 fully saturated rings. The third kappa shape index (κ3) is 4.68. The largest absolute Gasteiger partial charge is 0.294 e. The number of nitro benzene ring substituents is 2. The zero-order chi connectivity index (χ0) is 14.3. The van der Waals surface area contributed by atoms with Crippen molar-refractivity contribution in [3.05, 3.63) is 74.0 Å². The number of nitrogens with zero attached hydrogens (tertiary/aromatic N) is 3. The fourth-order valence-corrected chi connectivity index (χ4v) is 1.25. The summed E-state index contributed by atoms with van der Waals surface area (Å²) >= 11 is 5.43. The molecule has 0 saturated heterocycles. The normalized spacial score (nSPS) is 9.11. The molecule has 98 valence electrons. The van der Waals surface area contributed by atoms with Crippen LogP contribution in [0.5, 0.6) is 0 Å². The summed E-state index contributed by atoms with van der Waals surface area (Å²) in [6.45, 7) is 0. The van der Waals surface area contributed by atoms with Gasteiger partial charge in [-0.2, -0.15) is 0 Å². The van der Waals surface area contributed by atoms with Crippen molar-refractivity contribution in [2.45, 2.75) is 0 Å². The highest BCUT2D eigenvalue weighted by molar-refractivity contribution is 6.32. The topological polar surface area (TPSA) is 99.2 Å². The van der Waals surface area contributed by atoms with Crippen LogP contribution in [0, 0.1) is 20.2 Å². The third-order valence-electron chi connectivity index (χ3n) is 1.90. The first-order valence-corrected chi connectivity index (χ1v) is 5.33. The van der Waals surface area contributed by atoms with Crippen LogP contribution in [-0.4, -0.2) is 14.8 Å². The molecule has 0 bridgehead atoms. The van der Waals surface area contributed by atoms with Gasteiger partial charge in [-0.1, -0.05) is 17.7 Å². The van der Waals surface area contributed by atoms with Gasteiger partial charge >= 0.3 is 0 Å². The third-order valence-corrected chi connectivity index (χ3v) is 2.22. The van der Waals surface area contributed by atoms with Gasteiger partial charge in [0.15, 0.2) is 0 Å². The fourth-order valence-electron chi connectivity index (χ4n) is 1.07. The minimum absolute atomic E-state index is 0.115. The minimum atomic E-state index is -0.769. The molecule has 1 heterocycles. The second-order valence-electron chi connectivity index (χ2n) is 3.17. The Morgan fingerprint density at radius 3 is 2.00 bits per heavy atom. The molecule has 0 atom stereocenters. The Morgan fingerprint density at radius 2 is 1.63 bits per heavy atom. The van der Waals surface area contributed by atoms with Gasteiger partial charge in [-0.25, -0.2) is 0 Å². The maximum atomic E-state index is 10.3. The first-order chi connectivity index (χ1) is 9.02. The molecule has 1 aromatic heterocycles. The summed E-state index contributed by atoms with van der Waals surface area (Å²) in [5, 5.41) is 20.4. The first kappa shape index (κ1) is 14.5. The smallest absolute Gasteiger partial charge is 0.265 e. The summed E-state index contributed by atoms with van der Waals surface area (Å²) in [6.07, 6.45) is 3.50. The second kappa shape index (κ2) is 7.02. The Hall–Kier alpha value is -2.54. The maximum absolute atomic E-state index is 10.3. The van der Waals surface area contributed by atoms with Crippen molar-refractivity contribution in [2.75, 3.05) is 0 Å². The van der Waals surface area contributed by atoms with Gasteiger partial charge in [-0.15, -0.1) is 0 Å². The van der Waals surface area contributed by atoms with E-state index in [9.17, 15) is 20.2 Å². The van der Waals surface area contributed by atoms with Gasteiger partial charge in [0.1, 0.15) is 5.02 Å². The lowest BCUT2D eigenvalue weighted by Crippen LogP contribution is -1.92. The van der Waals surface area contributed by atoms with Crippen molar-refractivity contribution in [2.24, 2.45) is 0 Å². The highest BCUT2D eigenvalue weighted by Crippen LogP contribution is 2.28. The van der Waals surface area contributed by atoms with E-state index in [2.05, 4.69) is 4.98 Å². The SMILES string of the molecule is O=[N+]([O-])c1ccc(Cl)c([N+](=O)[O-])c1.c1ccncc1. The zero-order valence-electron chi connectivity index (χ0n) is 9.47. The van der Waals surface area contributed by atoms with Crippen molar-refractivity contribution in [1.29, 1.82) is 0 Å². The van der Waals surface area contributed by atoms with E-state index in [1.54, 1.807) is 12.4 Å². The predicted octanol–water partition coefficient (Wildman–Crippen LogP) is 3.24. The van der Waals surface area contributed by atoms with Crippen LogP contribution in [-0.2, 0) is 0 Å². The Labute approximate surface area is 112 Å². The fraction of sp³-hybridized carbons (Fsp3) is 0. The number of halogens is 1. The van der Waals surface area contributed by atoms with E-state index >= 15 is 0 Å². The Morgan fingerprint density at radius 1 is 1.00 bits per heavy atom. The summed E-state index contributed by atoms with van der Waals surface area (Å²) < 4.78 is 0. The van der Waals surface area contributed by atoms with E-state index < -0.39 is 15.5 Å². The number of rotatable bonds is 2. The number of hydrogen-bond donors (Lipinski definition) is 0. The number of benzene rings is 1. The monoisotopic (exact) mass is 281 g/mol. The molecule has 19 heavy (non-hydrogen) atoms. The van der Waals surface area contributed by atoms with Crippen LogP contribution in [0.1, 0.15) is 0 Å². The first-order valence-electron chi connectivity index (χ1n) is 4.95. The number of nitro groups is 2. The van der Waals surface area contributed by atoms with Crippen molar-refractivity contribution in [3.8, 4) is 0 Å². The van der Waals surface area contributed by atoms with E-state index in [-0.39, 0.29) is 10.7 Å². The van der Waals surface area contributed by atoms with E-state index in [4.69, 9.17) is 11.6 Å². The van der Waals surface area contributed by atoms with Crippen LogP contribution in [0.3, 0.4) is 0 Å². The molecule has 0 unspecified atom stereocenters. The molecule has 0 aliphatic carbocycles. The Bertz CT molecular complexity index is 551. The van der Waals surface area contributed by atoms with Gasteiger partial charge in [-0.3, -0.25) is 25.2 Å². The van der Waals surface area contributed by atoms with Gasteiger partial charge in [-0.05, 0) is 18.2 Å². The molecule has 0 aliphatic heterocycles. The van der Waals surface area contributed by atoms with E-state index in [0.717, 1.165) is 18.2 Å². The summed E-state index contributed by atoms with van der Waals surface area (Å²) in [5.74, 6) is 0. The lowest BCUT2D eigenvalue weighted by atomic mass is 10.3. The average Bonchev–Trinajstić information content (AvgIpc) is 2.41. The van der Waals surface area contributed by atoms with Crippen LogP contribution in [0.2, 0.25) is 5.02 Å². The van der Waals surface area contributed by atoms with Gasteiger partial charge in [0.2, 0.25) is 0 Å². The van der Waals surface area contributed by atoms with Crippen molar-refractivity contribution in [3.63, 3.8) is 0 Å². The highest BCUT2D eigenvalue weighted by Gasteiger charge is 2.17. The number of pyridine rings is 1. The molecule has 8 heteroatoms. The second-order valence-corrected chi connectivity index (χ2v) is 3.58. The molecule has 0 spiro atoms. The molecule has 0 radical (unpaired) electrons. The number of aromatic nitrogens is 1. The van der Waals surface area contributed by atoms with Gasteiger partial charge in [0, 0.05) is 18.5 Å². The summed E-state index contributed by atoms with van der Waals surface area (Å²) in [6, 6.07) is 8.77. The lowest BCUT2D eigenvalue weighted by Gasteiger charge is -1.94. The van der Waals surface area contributed by atoms with Gasteiger partial charge < -0.3 is 0 Å². The van der Waals surface area contributed by atoms with E-state index in [0.29, 0.717) is 0 Å². The van der Waals surface area contributed by atoms with Gasteiger partial charge in [0.05, 0.1) is 15.9 Å². The van der Waals surface area contributed by atoms with Crippen molar-refractivity contribution >= 4 is 23.0 Å². The molecule has 0 N–H and O–H groups in total. The molecule has 2 rings (SSSR count). The van der Waals surface area contributed by atoms with Crippen LogP contribution in [0.4, 0.5) is 11.4 Å². The minimum Gasteiger partial charge on any atom is -0.265 e. The van der Waals surface area contributed by atoms with E-state index in [1.165, 1.54) is 0 Å². The standard InChI is InChI=1S/C6H3ClN2O4.C5H5N/c7-5-2-1-4(8(10)11)3-6(5)9(12)13;1-2-4-6-5-3-1/h1-3H;1-5H. The van der Waals surface area contributed by atoms with Crippen molar-refractivity contribution < 1.29 is 9.85 Å². The molecule has 2 aromatic rings. The molecule has 7 nitrogen and oxygen atoms in total. The Balaban J connectivity index is 0.000000250. The zero-order valence-corrected chi connectivity index (χ0v) is 10.2. The highest BCUT2D eigenvalue weighted by atomic mass is 35.5. The molecular weight excluding hydrogens is 274 g/mol. The van der Waals surface area contributed by atoms with Gasteiger partial charge in [0.25, 0.3) is 11.4 Å². The summed E-state index contributed by atoms with van der Waals surface area (Å²) in [5.41, 5.74) is -0.813.